The molecule has 7 nitrogen and oxygen atoms in total. The van der Waals surface area contributed by atoms with Gasteiger partial charge in [0.15, 0.2) is 5.16 Å². The van der Waals surface area contributed by atoms with Gasteiger partial charge in [0.25, 0.3) is 11.5 Å². The summed E-state index contributed by atoms with van der Waals surface area (Å²) in [5.41, 5.74) is 1.69. The van der Waals surface area contributed by atoms with E-state index >= 15 is 0 Å². The zero-order valence-corrected chi connectivity index (χ0v) is 19.7. The van der Waals surface area contributed by atoms with Crippen LogP contribution in [0.15, 0.2) is 52.4 Å². The number of halogens is 1. The number of nitrogens with zero attached hydrogens (tertiary/aromatic N) is 4. The van der Waals surface area contributed by atoms with Crippen molar-refractivity contribution < 1.29 is 9.18 Å². The average Bonchev–Trinajstić information content (AvgIpc) is 3.24. The van der Waals surface area contributed by atoms with Crippen molar-refractivity contribution in [3.05, 3.63) is 69.8 Å². The molecule has 2 heterocycles. The molecule has 172 valence electrons. The van der Waals surface area contributed by atoms with Gasteiger partial charge in [-0.2, -0.15) is 0 Å². The topological polar surface area (TPSA) is 81.3 Å². The van der Waals surface area contributed by atoms with Gasteiger partial charge in [0.05, 0.1) is 10.9 Å². The largest absolute Gasteiger partial charge is 0.350 e. The predicted octanol–water partition coefficient (Wildman–Crippen LogP) is 4.41. The maximum atomic E-state index is 13.6. The highest BCUT2D eigenvalue weighted by molar-refractivity contribution is 7.98. The third-order valence-electron chi connectivity index (χ3n) is 5.53. The Morgan fingerprint density at radius 3 is 2.73 bits per heavy atom. The van der Waals surface area contributed by atoms with Crippen LogP contribution in [0.4, 0.5) is 4.39 Å². The van der Waals surface area contributed by atoms with Gasteiger partial charge >= 0.3 is 0 Å². The Bertz CT molecular complexity index is 1380. The number of fused-ring (bicyclic) bond motifs is 3. The van der Waals surface area contributed by atoms with Crippen molar-refractivity contribution in [1.82, 2.24) is 24.5 Å². The zero-order valence-electron chi connectivity index (χ0n) is 18.8. The Labute approximate surface area is 195 Å². The van der Waals surface area contributed by atoms with Crippen molar-refractivity contribution in [2.24, 2.45) is 0 Å². The predicted molar refractivity (Wildman–Crippen MR) is 128 cm³/mol. The van der Waals surface area contributed by atoms with Crippen LogP contribution in [-0.2, 0) is 12.3 Å². The van der Waals surface area contributed by atoms with Gasteiger partial charge < -0.3 is 5.32 Å². The molecule has 0 aliphatic rings. The first-order chi connectivity index (χ1) is 15.9. The molecule has 1 unspecified atom stereocenters. The number of thioether (sulfide) groups is 1. The molecule has 0 bridgehead atoms. The molecule has 4 aromatic rings. The molecule has 0 saturated heterocycles. The Balaban J connectivity index is 1.84. The molecule has 0 aliphatic carbocycles. The lowest BCUT2D eigenvalue weighted by atomic mass is 10.1. The molecule has 1 atom stereocenters. The van der Waals surface area contributed by atoms with Crippen molar-refractivity contribution in [2.45, 2.75) is 57.1 Å². The van der Waals surface area contributed by atoms with E-state index in [9.17, 15) is 14.0 Å². The second-order valence-electron chi connectivity index (χ2n) is 8.01. The summed E-state index contributed by atoms with van der Waals surface area (Å²) in [5, 5.41) is 12.6. The van der Waals surface area contributed by atoms with Crippen LogP contribution in [0.25, 0.3) is 16.7 Å². The first kappa shape index (κ1) is 23.0. The molecule has 33 heavy (non-hydrogen) atoms. The highest BCUT2D eigenvalue weighted by Crippen LogP contribution is 2.25. The van der Waals surface area contributed by atoms with E-state index in [1.807, 2.05) is 31.2 Å². The van der Waals surface area contributed by atoms with E-state index in [0.717, 1.165) is 18.4 Å². The average molecular weight is 468 g/mol. The lowest BCUT2D eigenvalue weighted by Crippen LogP contribution is -2.32. The number of aromatic nitrogens is 4. The number of carbonyl (C=O) groups is 1. The molecular formula is C24H26FN5O2S. The molecule has 0 radical (unpaired) electrons. The van der Waals surface area contributed by atoms with Crippen LogP contribution < -0.4 is 10.9 Å². The summed E-state index contributed by atoms with van der Waals surface area (Å²) in [4.78, 5) is 25.9. The second kappa shape index (κ2) is 9.74. The summed E-state index contributed by atoms with van der Waals surface area (Å²) in [7, 11) is 0. The van der Waals surface area contributed by atoms with Gasteiger partial charge in [-0.25, -0.2) is 4.39 Å². The summed E-state index contributed by atoms with van der Waals surface area (Å²) >= 11 is 1.40. The molecule has 1 N–H and O–H groups in total. The molecule has 0 spiro atoms. The van der Waals surface area contributed by atoms with Crippen LogP contribution in [0.5, 0.6) is 0 Å². The highest BCUT2D eigenvalue weighted by atomic mass is 32.2. The Kier molecular flexibility index (Phi) is 6.78. The van der Waals surface area contributed by atoms with Crippen molar-refractivity contribution in [2.75, 3.05) is 0 Å². The number of hydrogen-bond donors (Lipinski definition) is 1. The molecule has 2 aromatic heterocycles. The Hall–Kier alpha value is -3.20. The maximum Gasteiger partial charge on any atom is 0.262 e. The van der Waals surface area contributed by atoms with Crippen molar-refractivity contribution >= 4 is 34.3 Å². The highest BCUT2D eigenvalue weighted by Gasteiger charge is 2.19. The smallest absolute Gasteiger partial charge is 0.262 e. The van der Waals surface area contributed by atoms with E-state index in [0.29, 0.717) is 39.7 Å². The summed E-state index contributed by atoms with van der Waals surface area (Å²) in [6.45, 7) is 6.44. The molecule has 9 heteroatoms. The number of carbonyl (C=O) groups excluding carboxylic acids is 1. The van der Waals surface area contributed by atoms with Gasteiger partial charge in [-0.15, -0.1) is 10.2 Å². The fourth-order valence-electron chi connectivity index (χ4n) is 3.63. The molecular weight excluding hydrogens is 441 g/mol. The third kappa shape index (κ3) is 4.64. The molecule has 1 amide bonds. The quantitative estimate of drug-likeness (QED) is 0.388. The minimum Gasteiger partial charge on any atom is -0.350 e. The van der Waals surface area contributed by atoms with Crippen molar-refractivity contribution in [1.29, 1.82) is 0 Å². The van der Waals surface area contributed by atoms with E-state index in [1.165, 1.54) is 23.9 Å². The number of hydrogen-bond acceptors (Lipinski definition) is 5. The number of nitrogens with one attached hydrogen (secondary N) is 1. The summed E-state index contributed by atoms with van der Waals surface area (Å²) in [6, 6.07) is 11.5. The van der Waals surface area contributed by atoms with Crippen LogP contribution in [0.2, 0.25) is 0 Å². The summed E-state index contributed by atoms with van der Waals surface area (Å²) in [6.07, 6.45) is 1.58. The Morgan fingerprint density at radius 2 is 2.00 bits per heavy atom. The molecule has 0 fully saturated rings. The number of benzene rings is 2. The van der Waals surface area contributed by atoms with Crippen molar-refractivity contribution in [3.63, 3.8) is 0 Å². The number of aryl methyl sites for hydroxylation is 1. The normalized spacial score (nSPS) is 12.4. The van der Waals surface area contributed by atoms with E-state index in [-0.39, 0.29) is 23.3 Å². The van der Waals surface area contributed by atoms with Crippen LogP contribution in [0, 0.1) is 5.82 Å². The van der Waals surface area contributed by atoms with Gasteiger partial charge in [0, 0.05) is 23.9 Å². The van der Waals surface area contributed by atoms with E-state index in [2.05, 4.69) is 15.5 Å². The first-order valence-electron chi connectivity index (χ1n) is 11.0. The van der Waals surface area contributed by atoms with Gasteiger partial charge in [-0.1, -0.05) is 37.7 Å². The summed E-state index contributed by atoms with van der Waals surface area (Å²) < 4.78 is 17.0. The van der Waals surface area contributed by atoms with Gasteiger partial charge in [-0.05, 0) is 55.7 Å². The zero-order chi connectivity index (χ0) is 23.5. The van der Waals surface area contributed by atoms with Crippen LogP contribution >= 0.6 is 11.8 Å². The minimum absolute atomic E-state index is 0.0399. The standard InChI is InChI=1S/C24H26FN5O2S/c1-4-11-29-22(32)19-10-9-17(21(31)26-15(3)5-2)13-20(19)30-23(29)27-28-24(30)33-14-16-7-6-8-18(25)12-16/h6-10,12-13,15H,4-5,11,14H2,1-3H3,(H,26,31). The SMILES string of the molecule is CCCn1c(=O)c2ccc(C(=O)NC(C)CC)cc2n2c(SCc3cccc(F)c3)nnc12. The van der Waals surface area contributed by atoms with Crippen LogP contribution in [0.1, 0.15) is 49.5 Å². The molecule has 0 saturated carbocycles. The van der Waals surface area contributed by atoms with Crippen molar-refractivity contribution in [3.8, 4) is 0 Å². The van der Waals surface area contributed by atoms with E-state index in [1.54, 1.807) is 28.8 Å². The first-order valence-corrected chi connectivity index (χ1v) is 12.0. The fourth-order valence-corrected chi connectivity index (χ4v) is 4.51. The van der Waals surface area contributed by atoms with E-state index < -0.39 is 0 Å². The second-order valence-corrected chi connectivity index (χ2v) is 8.95. The Morgan fingerprint density at radius 1 is 1.18 bits per heavy atom. The summed E-state index contributed by atoms with van der Waals surface area (Å²) in [5.74, 6) is 0.425. The minimum atomic E-state index is -0.293. The fraction of sp³-hybridized carbons (Fsp3) is 0.333. The van der Waals surface area contributed by atoms with E-state index in [4.69, 9.17) is 0 Å². The molecule has 2 aromatic carbocycles. The monoisotopic (exact) mass is 467 g/mol. The van der Waals surface area contributed by atoms with Crippen LogP contribution in [-0.4, -0.2) is 31.1 Å². The number of amides is 1. The van der Waals surface area contributed by atoms with Gasteiger partial charge in [-0.3, -0.25) is 18.6 Å². The molecule has 4 rings (SSSR count). The molecule has 0 aliphatic heterocycles. The van der Waals surface area contributed by atoms with Gasteiger partial charge in [0.2, 0.25) is 5.78 Å². The van der Waals surface area contributed by atoms with Gasteiger partial charge in [0.1, 0.15) is 5.82 Å². The third-order valence-corrected chi connectivity index (χ3v) is 6.53. The lowest BCUT2D eigenvalue weighted by molar-refractivity contribution is 0.0939. The number of rotatable bonds is 8. The maximum absolute atomic E-state index is 13.6. The van der Waals surface area contributed by atoms with Crippen LogP contribution in [0.3, 0.4) is 0 Å². The lowest BCUT2D eigenvalue weighted by Gasteiger charge is -2.14.